The molecule has 1 aromatic heterocycles. The lowest BCUT2D eigenvalue weighted by molar-refractivity contribution is -0.384. The molecule has 0 fully saturated rings. The lowest BCUT2D eigenvalue weighted by Crippen LogP contribution is -2.39. The van der Waals surface area contributed by atoms with Crippen molar-refractivity contribution in [2.24, 2.45) is 4.99 Å². The molecule has 1 unspecified atom stereocenters. The maximum atomic E-state index is 13.9. The Labute approximate surface area is 244 Å². The Morgan fingerprint density at radius 3 is 2.38 bits per heavy atom. The minimum absolute atomic E-state index is 0.0199. The van der Waals surface area contributed by atoms with Crippen LogP contribution >= 0.6 is 34.5 Å². The van der Waals surface area contributed by atoms with Gasteiger partial charge >= 0.3 is 0 Å². The van der Waals surface area contributed by atoms with E-state index in [1.165, 1.54) is 23.5 Å². The number of hydrogen-bond donors (Lipinski definition) is 0. The highest BCUT2D eigenvalue weighted by Crippen LogP contribution is 2.41. The first kappa shape index (κ1) is 26.4. The Kier molecular flexibility index (Phi) is 7.04. The molecule has 0 N–H and O–H groups in total. The third kappa shape index (κ3) is 4.96. The van der Waals surface area contributed by atoms with Crippen molar-refractivity contribution in [3.63, 3.8) is 0 Å². The Balaban J connectivity index is 1.55. The average Bonchev–Trinajstić information content (AvgIpc) is 3.25. The third-order valence-corrected chi connectivity index (χ3v) is 8.77. The second-order valence-electron chi connectivity index (χ2n) is 9.88. The Morgan fingerprint density at radius 1 is 1.00 bits per heavy atom. The number of nitro benzene ring substituents is 1. The molecule has 3 aromatic carbocycles. The fourth-order valence-corrected chi connectivity index (χ4v) is 6.58. The molecule has 0 saturated carbocycles. The summed E-state index contributed by atoms with van der Waals surface area (Å²) in [6.45, 7) is 1.80. The standard InChI is InChI=1S/C31H23Cl2N3O3S/c1-18-15-25(36(38)39)14-9-21(18)17-27-30(37)35-29(20-7-12-24(33)13-8-20)26-4-2-3-22(28(26)34-31(35)40-27)16-19-5-10-23(32)11-6-19/h5-17,29H,2-4H2,1H3. The number of allylic oxidation sites excluding steroid dienone is 2. The molecule has 1 aliphatic heterocycles. The number of fused-ring (bicyclic) bond motifs is 1. The van der Waals surface area contributed by atoms with E-state index in [1.807, 2.05) is 48.5 Å². The number of aromatic nitrogens is 1. The van der Waals surface area contributed by atoms with Gasteiger partial charge in [0.1, 0.15) is 0 Å². The topological polar surface area (TPSA) is 77.5 Å². The summed E-state index contributed by atoms with van der Waals surface area (Å²) < 4.78 is 2.31. The van der Waals surface area contributed by atoms with E-state index >= 15 is 0 Å². The van der Waals surface area contributed by atoms with Gasteiger partial charge in [0.05, 0.1) is 21.2 Å². The number of thiazole rings is 1. The van der Waals surface area contributed by atoms with E-state index in [4.69, 9.17) is 28.2 Å². The van der Waals surface area contributed by atoms with Crippen molar-refractivity contribution >= 4 is 52.4 Å². The van der Waals surface area contributed by atoms with Crippen LogP contribution in [-0.2, 0) is 0 Å². The molecule has 4 aromatic rings. The number of nitro groups is 1. The van der Waals surface area contributed by atoms with E-state index in [0.717, 1.165) is 58.4 Å². The number of non-ortho nitro benzene ring substituents is 1. The number of halogens is 2. The number of hydrogen-bond acceptors (Lipinski definition) is 5. The van der Waals surface area contributed by atoms with Gasteiger partial charge in [-0.3, -0.25) is 19.5 Å². The summed E-state index contributed by atoms with van der Waals surface area (Å²) in [4.78, 5) is 30.4. The monoisotopic (exact) mass is 587 g/mol. The third-order valence-electron chi connectivity index (χ3n) is 7.28. The summed E-state index contributed by atoms with van der Waals surface area (Å²) in [6, 6.07) is 19.7. The Morgan fingerprint density at radius 2 is 1.70 bits per heavy atom. The quantitative estimate of drug-likeness (QED) is 0.190. The lowest BCUT2D eigenvalue weighted by atomic mass is 9.84. The van der Waals surface area contributed by atoms with E-state index in [0.29, 0.717) is 19.4 Å². The summed E-state index contributed by atoms with van der Waals surface area (Å²) in [7, 11) is 0. The van der Waals surface area contributed by atoms with E-state index in [2.05, 4.69) is 6.08 Å². The average molecular weight is 589 g/mol. The van der Waals surface area contributed by atoms with Gasteiger partial charge < -0.3 is 0 Å². The molecule has 1 atom stereocenters. The molecular weight excluding hydrogens is 565 g/mol. The smallest absolute Gasteiger partial charge is 0.271 e. The van der Waals surface area contributed by atoms with Gasteiger partial charge in [-0.25, -0.2) is 4.99 Å². The fourth-order valence-electron chi connectivity index (χ4n) is 5.34. The zero-order chi connectivity index (χ0) is 28.0. The van der Waals surface area contributed by atoms with Crippen LogP contribution in [-0.4, -0.2) is 9.49 Å². The van der Waals surface area contributed by atoms with Gasteiger partial charge in [-0.1, -0.05) is 58.8 Å². The molecule has 2 aliphatic rings. The maximum Gasteiger partial charge on any atom is 0.271 e. The van der Waals surface area contributed by atoms with Crippen LogP contribution in [0.25, 0.3) is 12.2 Å². The molecule has 0 radical (unpaired) electrons. The minimum atomic E-state index is -0.420. The van der Waals surface area contributed by atoms with Crippen LogP contribution < -0.4 is 14.9 Å². The SMILES string of the molecule is Cc1cc([N+](=O)[O-])ccc1C=c1sc2n(c1=O)C(c1ccc(Cl)cc1)C1=C(N=2)C(=Cc2ccc(Cl)cc2)CCC1. The Bertz CT molecular complexity index is 1900. The summed E-state index contributed by atoms with van der Waals surface area (Å²) in [6.07, 6.45) is 6.62. The summed E-state index contributed by atoms with van der Waals surface area (Å²) >= 11 is 13.7. The van der Waals surface area contributed by atoms with Crippen LogP contribution in [0, 0.1) is 17.0 Å². The van der Waals surface area contributed by atoms with Gasteiger partial charge in [-0.15, -0.1) is 0 Å². The van der Waals surface area contributed by atoms with Crippen LogP contribution in [0.1, 0.15) is 47.6 Å². The van der Waals surface area contributed by atoms with Gasteiger partial charge in [0, 0.05) is 22.2 Å². The highest BCUT2D eigenvalue weighted by Gasteiger charge is 2.32. The molecular formula is C31H23Cl2N3O3S. The first-order valence-electron chi connectivity index (χ1n) is 12.8. The van der Waals surface area contributed by atoms with Crippen LogP contribution in [0.4, 0.5) is 5.69 Å². The van der Waals surface area contributed by atoms with E-state index in [9.17, 15) is 14.9 Å². The van der Waals surface area contributed by atoms with Gasteiger partial charge in [0.25, 0.3) is 11.2 Å². The molecule has 1 aliphatic carbocycles. The lowest BCUT2D eigenvalue weighted by Gasteiger charge is -2.31. The second-order valence-corrected chi connectivity index (χ2v) is 11.8. The van der Waals surface area contributed by atoms with Gasteiger partial charge in [-0.05, 0) is 102 Å². The zero-order valence-corrected chi connectivity index (χ0v) is 23.8. The van der Waals surface area contributed by atoms with Crippen molar-refractivity contribution in [3.05, 3.63) is 146 Å². The number of rotatable bonds is 4. The molecule has 200 valence electrons. The first-order chi connectivity index (χ1) is 19.3. The summed E-state index contributed by atoms with van der Waals surface area (Å²) in [5.74, 6) is 0. The molecule has 0 spiro atoms. The van der Waals surface area contributed by atoms with Gasteiger partial charge in [0.15, 0.2) is 4.80 Å². The van der Waals surface area contributed by atoms with Crippen molar-refractivity contribution in [1.29, 1.82) is 0 Å². The molecule has 6 nitrogen and oxygen atoms in total. The molecule has 2 heterocycles. The van der Waals surface area contributed by atoms with Crippen molar-refractivity contribution in [3.8, 4) is 0 Å². The largest absolute Gasteiger partial charge is 0.272 e. The van der Waals surface area contributed by atoms with Crippen molar-refractivity contribution in [2.45, 2.75) is 32.2 Å². The Hall–Kier alpha value is -3.78. The molecule has 0 amide bonds. The van der Waals surface area contributed by atoms with Crippen molar-refractivity contribution in [1.82, 2.24) is 4.57 Å². The fraction of sp³-hybridized carbons (Fsp3) is 0.161. The molecule has 40 heavy (non-hydrogen) atoms. The van der Waals surface area contributed by atoms with Crippen molar-refractivity contribution < 1.29 is 4.92 Å². The molecule has 6 rings (SSSR count). The maximum absolute atomic E-state index is 13.9. The second kappa shape index (κ2) is 10.7. The minimum Gasteiger partial charge on any atom is -0.272 e. The van der Waals surface area contributed by atoms with Crippen LogP contribution in [0.3, 0.4) is 0 Å². The predicted molar refractivity (Wildman–Crippen MR) is 161 cm³/mol. The normalized spacial score (nSPS) is 17.9. The highest BCUT2D eigenvalue weighted by molar-refractivity contribution is 7.07. The zero-order valence-electron chi connectivity index (χ0n) is 21.4. The van der Waals surface area contributed by atoms with Crippen LogP contribution in [0.5, 0.6) is 0 Å². The summed E-state index contributed by atoms with van der Waals surface area (Å²) in [5, 5.41) is 12.5. The van der Waals surface area contributed by atoms with Crippen LogP contribution in [0.15, 0.2) is 93.4 Å². The summed E-state index contributed by atoms with van der Waals surface area (Å²) in [5.41, 5.74) is 6.55. The van der Waals surface area contributed by atoms with E-state index in [-0.39, 0.29) is 17.3 Å². The first-order valence-corrected chi connectivity index (χ1v) is 14.4. The van der Waals surface area contributed by atoms with Crippen molar-refractivity contribution in [2.75, 3.05) is 0 Å². The predicted octanol–water partition coefficient (Wildman–Crippen LogP) is 7.01. The molecule has 0 saturated heterocycles. The van der Waals surface area contributed by atoms with E-state index in [1.54, 1.807) is 23.6 Å². The van der Waals surface area contributed by atoms with Gasteiger partial charge in [0.2, 0.25) is 0 Å². The number of aryl methyl sites for hydroxylation is 1. The van der Waals surface area contributed by atoms with E-state index < -0.39 is 4.92 Å². The van der Waals surface area contributed by atoms with Crippen LogP contribution in [0.2, 0.25) is 10.0 Å². The highest BCUT2D eigenvalue weighted by atomic mass is 35.5. The molecule has 9 heteroatoms. The number of benzene rings is 3. The van der Waals surface area contributed by atoms with Gasteiger partial charge in [-0.2, -0.15) is 0 Å². The molecule has 0 bridgehead atoms. The number of nitrogens with zero attached hydrogens (tertiary/aromatic N) is 3.